The van der Waals surface area contributed by atoms with Crippen LogP contribution in [-0.4, -0.2) is 29.9 Å². The normalized spacial score (nSPS) is 14.3. The van der Waals surface area contributed by atoms with E-state index in [0.717, 1.165) is 16.5 Å². The summed E-state index contributed by atoms with van der Waals surface area (Å²) in [5.74, 6) is -0.109. The summed E-state index contributed by atoms with van der Waals surface area (Å²) in [6, 6.07) is 20.8. The van der Waals surface area contributed by atoms with Gasteiger partial charge < -0.3 is 10.1 Å². The number of rotatable bonds is 5. The van der Waals surface area contributed by atoms with E-state index in [1.807, 2.05) is 68.4 Å². The average Bonchev–Trinajstić information content (AvgIpc) is 2.97. The molecule has 0 saturated heterocycles. The Morgan fingerprint density at radius 2 is 1.55 bits per heavy atom. The first-order valence-electron chi connectivity index (χ1n) is 9.53. The minimum Gasteiger partial charge on any atom is -0.496 e. The zero-order valence-corrected chi connectivity index (χ0v) is 16.6. The lowest BCUT2D eigenvalue weighted by molar-refractivity contribution is -0.138. The molecule has 1 heterocycles. The highest BCUT2D eigenvalue weighted by Gasteiger charge is 2.41. The molecule has 0 aliphatic carbocycles. The number of nitrogens with zero attached hydrogens (tertiary/aromatic N) is 1. The number of ether oxygens (including phenoxy) is 1. The van der Waals surface area contributed by atoms with Crippen LogP contribution in [0.4, 0.5) is 5.69 Å². The molecular formula is C24H22N2O3. The molecule has 146 valence electrons. The molecule has 0 atom stereocenters. The first-order valence-corrected chi connectivity index (χ1v) is 9.53. The van der Waals surface area contributed by atoms with E-state index in [4.69, 9.17) is 4.74 Å². The molecule has 1 aliphatic rings. The quantitative estimate of drug-likeness (QED) is 0.658. The Labute approximate surface area is 169 Å². The SMILES string of the molecule is COc1ccccc1C1=C(Nc2cccc3ccccc23)C(=O)N(C(C)C)C1=O. The van der Waals surface area contributed by atoms with Gasteiger partial charge in [0.25, 0.3) is 11.8 Å². The van der Waals surface area contributed by atoms with Crippen molar-refractivity contribution in [3.05, 3.63) is 78.0 Å². The van der Waals surface area contributed by atoms with Crippen molar-refractivity contribution in [2.24, 2.45) is 0 Å². The number of hydrogen-bond donors (Lipinski definition) is 1. The Balaban J connectivity index is 1.91. The summed E-state index contributed by atoms with van der Waals surface area (Å²) in [6.45, 7) is 3.66. The molecule has 5 heteroatoms. The number of carbonyl (C=O) groups is 2. The van der Waals surface area contributed by atoms with Crippen molar-refractivity contribution in [3.8, 4) is 5.75 Å². The molecule has 0 aromatic heterocycles. The molecule has 0 saturated carbocycles. The predicted molar refractivity (Wildman–Crippen MR) is 114 cm³/mol. The molecule has 0 bridgehead atoms. The standard InChI is InChI=1S/C24H22N2O3/c1-15(2)26-23(27)21(18-12-6-7-14-20(18)29-3)22(24(26)28)25-19-13-8-10-16-9-4-5-11-17(16)19/h4-15,25H,1-3H3. The molecule has 29 heavy (non-hydrogen) atoms. The number of nitrogens with one attached hydrogen (secondary N) is 1. The van der Waals surface area contributed by atoms with Crippen LogP contribution >= 0.6 is 0 Å². The molecular weight excluding hydrogens is 364 g/mol. The lowest BCUT2D eigenvalue weighted by Crippen LogP contribution is -2.38. The number of hydrogen-bond acceptors (Lipinski definition) is 4. The Kier molecular flexibility index (Phi) is 4.80. The van der Waals surface area contributed by atoms with Gasteiger partial charge in [-0.2, -0.15) is 0 Å². The van der Waals surface area contributed by atoms with Crippen molar-refractivity contribution in [2.75, 3.05) is 12.4 Å². The van der Waals surface area contributed by atoms with E-state index in [2.05, 4.69) is 5.32 Å². The van der Waals surface area contributed by atoms with Crippen LogP contribution in [0.2, 0.25) is 0 Å². The third kappa shape index (κ3) is 3.14. The van der Waals surface area contributed by atoms with Gasteiger partial charge in [0.2, 0.25) is 0 Å². The van der Waals surface area contributed by atoms with Gasteiger partial charge in [-0.05, 0) is 31.4 Å². The Hall–Kier alpha value is -3.60. The highest BCUT2D eigenvalue weighted by molar-refractivity contribution is 6.37. The van der Waals surface area contributed by atoms with Gasteiger partial charge in [-0.3, -0.25) is 14.5 Å². The van der Waals surface area contributed by atoms with Gasteiger partial charge in [0, 0.05) is 22.7 Å². The summed E-state index contributed by atoms with van der Waals surface area (Å²) in [5, 5.41) is 5.29. The van der Waals surface area contributed by atoms with Gasteiger partial charge >= 0.3 is 0 Å². The minimum absolute atomic E-state index is 0.258. The lowest BCUT2D eigenvalue weighted by atomic mass is 10.0. The third-order valence-corrected chi connectivity index (χ3v) is 5.06. The monoisotopic (exact) mass is 386 g/mol. The number of benzene rings is 3. The zero-order chi connectivity index (χ0) is 20.5. The lowest BCUT2D eigenvalue weighted by Gasteiger charge is -2.19. The first kappa shape index (κ1) is 18.7. The number of methoxy groups -OCH3 is 1. The van der Waals surface area contributed by atoms with Gasteiger partial charge in [0.1, 0.15) is 11.4 Å². The maximum absolute atomic E-state index is 13.2. The van der Waals surface area contributed by atoms with Crippen LogP contribution in [0, 0.1) is 0 Å². The van der Waals surface area contributed by atoms with Gasteiger partial charge in [0.15, 0.2) is 0 Å². The number of amides is 2. The van der Waals surface area contributed by atoms with Crippen molar-refractivity contribution in [2.45, 2.75) is 19.9 Å². The van der Waals surface area contributed by atoms with Crippen molar-refractivity contribution < 1.29 is 14.3 Å². The minimum atomic E-state index is -0.334. The third-order valence-electron chi connectivity index (χ3n) is 5.06. The summed E-state index contributed by atoms with van der Waals surface area (Å²) >= 11 is 0. The first-order chi connectivity index (χ1) is 14.0. The van der Waals surface area contributed by atoms with Crippen molar-refractivity contribution in [1.82, 2.24) is 4.90 Å². The van der Waals surface area contributed by atoms with Crippen LogP contribution in [0.15, 0.2) is 72.4 Å². The second kappa shape index (κ2) is 7.43. The predicted octanol–water partition coefficient (Wildman–Crippen LogP) is 4.45. The van der Waals surface area contributed by atoms with E-state index in [1.54, 1.807) is 19.2 Å². The number of imide groups is 1. The fourth-order valence-electron chi connectivity index (χ4n) is 3.70. The van der Waals surface area contributed by atoms with Crippen LogP contribution in [0.1, 0.15) is 19.4 Å². The van der Waals surface area contributed by atoms with E-state index in [-0.39, 0.29) is 23.6 Å². The Morgan fingerprint density at radius 1 is 0.862 bits per heavy atom. The molecule has 1 N–H and O–H groups in total. The van der Waals surface area contributed by atoms with E-state index in [0.29, 0.717) is 16.9 Å². The van der Waals surface area contributed by atoms with E-state index >= 15 is 0 Å². The summed E-state index contributed by atoms with van der Waals surface area (Å²) in [7, 11) is 1.55. The molecule has 3 aromatic carbocycles. The smallest absolute Gasteiger partial charge is 0.278 e. The van der Waals surface area contributed by atoms with Crippen LogP contribution in [0.3, 0.4) is 0 Å². The van der Waals surface area contributed by atoms with Crippen LogP contribution in [-0.2, 0) is 9.59 Å². The van der Waals surface area contributed by atoms with Crippen molar-refractivity contribution >= 4 is 33.8 Å². The van der Waals surface area contributed by atoms with Crippen LogP contribution < -0.4 is 10.1 Å². The molecule has 0 spiro atoms. The number of carbonyl (C=O) groups excluding carboxylic acids is 2. The Bertz CT molecular complexity index is 1140. The Morgan fingerprint density at radius 3 is 2.31 bits per heavy atom. The van der Waals surface area contributed by atoms with Crippen molar-refractivity contribution in [1.29, 1.82) is 0 Å². The maximum atomic E-state index is 13.2. The highest BCUT2D eigenvalue weighted by atomic mass is 16.5. The van der Waals surface area contributed by atoms with Gasteiger partial charge in [-0.25, -0.2) is 0 Å². The topological polar surface area (TPSA) is 58.6 Å². The summed E-state index contributed by atoms with van der Waals surface area (Å²) in [6.07, 6.45) is 0. The van der Waals surface area contributed by atoms with E-state index < -0.39 is 0 Å². The van der Waals surface area contributed by atoms with Gasteiger partial charge in [-0.1, -0.05) is 54.6 Å². The molecule has 5 nitrogen and oxygen atoms in total. The maximum Gasteiger partial charge on any atom is 0.278 e. The molecule has 0 radical (unpaired) electrons. The second-order valence-corrected chi connectivity index (χ2v) is 7.18. The number of para-hydroxylation sites is 1. The molecule has 4 rings (SSSR count). The summed E-state index contributed by atoms with van der Waals surface area (Å²) < 4.78 is 5.46. The van der Waals surface area contributed by atoms with Crippen molar-refractivity contribution in [3.63, 3.8) is 0 Å². The zero-order valence-electron chi connectivity index (χ0n) is 16.6. The van der Waals surface area contributed by atoms with Crippen LogP contribution in [0.25, 0.3) is 16.3 Å². The van der Waals surface area contributed by atoms with Gasteiger partial charge in [0.05, 0.1) is 12.7 Å². The largest absolute Gasteiger partial charge is 0.496 e. The average molecular weight is 386 g/mol. The fraction of sp³-hybridized carbons (Fsp3) is 0.167. The summed E-state index contributed by atoms with van der Waals surface area (Å²) in [4.78, 5) is 27.8. The van der Waals surface area contributed by atoms with Crippen LogP contribution in [0.5, 0.6) is 5.75 Å². The molecule has 1 aliphatic heterocycles. The van der Waals surface area contributed by atoms with E-state index in [9.17, 15) is 9.59 Å². The second-order valence-electron chi connectivity index (χ2n) is 7.18. The number of fused-ring (bicyclic) bond motifs is 1. The highest BCUT2D eigenvalue weighted by Crippen LogP contribution is 2.37. The fourth-order valence-corrected chi connectivity index (χ4v) is 3.70. The molecule has 0 unspecified atom stereocenters. The number of anilines is 1. The van der Waals surface area contributed by atoms with E-state index in [1.165, 1.54) is 4.90 Å². The molecule has 3 aromatic rings. The molecule has 2 amide bonds. The van der Waals surface area contributed by atoms with Gasteiger partial charge in [-0.15, -0.1) is 0 Å². The summed E-state index contributed by atoms with van der Waals surface area (Å²) in [5.41, 5.74) is 1.97. The molecule has 0 fully saturated rings.